The first-order valence-electron chi connectivity index (χ1n) is 9.56. The molecule has 2 heterocycles. The molecule has 7 nitrogen and oxygen atoms in total. The lowest BCUT2D eigenvalue weighted by molar-refractivity contribution is 0.414. The van der Waals surface area contributed by atoms with Gasteiger partial charge in [0.1, 0.15) is 18.1 Å². The number of hydrogen-bond donors (Lipinski definition) is 1. The molecule has 0 atom stereocenters. The summed E-state index contributed by atoms with van der Waals surface area (Å²) in [4.78, 5) is 8.29. The van der Waals surface area contributed by atoms with Gasteiger partial charge < -0.3 is 19.5 Å². The van der Waals surface area contributed by atoms with Crippen molar-refractivity contribution in [3.05, 3.63) is 63.9 Å². The predicted octanol–water partition coefficient (Wildman–Crippen LogP) is 3.63. The van der Waals surface area contributed by atoms with Crippen LogP contribution in [0.15, 0.2) is 46.8 Å². The van der Waals surface area contributed by atoms with Crippen LogP contribution in [0.5, 0.6) is 5.75 Å². The van der Waals surface area contributed by atoms with Crippen molar-refractivity contribution in [2.24, 2.45) is 12.0 Å². The Hall–Kier alpha value is -2.14. The molecule has 3 rings (SSSR count). The molecule has 0 fully saturated rings. The second-order valence-corrected chi connectivity index (χ2v) is 7.85. The van der Waals surface area contributed by atoms with Gasteiger partial charge in [0.2, 0.25) is 0 Å². The van der Waals surface area contributed by atoms with E-state index in [-0.39, 0.29) is 24.0 Å². The molecule has 0 bridgehead atoms. The molecular weight excluding hydrogens is 511 g/mol. The lowest BCUT2D eigenvalue weighted by Gasteiger charge is -2.22. The Balaban J connectivity index is 0.00000320. The van der Waals surface area contributed by atoms with Crippen LogP contribution in [0.25, 0.3) is 0 Å². The molecule has 0 saturated heterocycles. The normalized spacial score (nSPS) is 11.1. The van der Waals surface area contributed by atoms with Crippen molar-refractivity contribution in [2.45, 2.75) is 26.4 Å². The molecule has 0 unspecified atom stereocenters. The Morgan fingerprint density at radius 2 is 2.00 bits per heavy atom. The van der Waals surface area contributed by atoms with E-state index in [1.165, 1.54) is 10.4 Å². The third-order valence-corrected chi connectivity index (χ3v) is 5.66. The van der Waals surface area contributed by atoms with Crippen LogP contribution in [0.1, 0.15) is 22.1 Å². The van der Waals surface area contributed by atoms with Gasteiger partial charge in [-0.25, -0.2) is 4.99 Å². The minimum Gasteiger partial charge on any atom is -0.497 e. The number of aryl methyl sites for hydroxylation is 1. The summed E-state index contributed by atoms with van der Waals surface area (Å²) in [6.45, 7) is 3.98. The highest BCUT2D eigenvalue weighted by atomic mass is 127. The van der Waals surface area contributed by atoms with Crippen molar-refractivity contribution in [3.63, 3.8) is 0 Å². The topological polar surface area (TPSA) is 67.6 Å². The van der Waals surface area contributed by atoms with Crippen LogP contribution in [0.2, 0.25) is 0 Å². The van der Waals surface area contributed by atoms with Crippen LogP contribution >= 0.6 is 35.3 Å². The molecule has 30 heavy (non-hydrogen) atoms. The standard InChI is InChI=1S/C21H28N6OS.HI/c1-16-24-25-20(27(16)3)14-23-21(22-12-11-19-6-5-13-29-19)26(2)15-17-7-9-18(28-4)10-8-17;/h5-10,13H,11-12,14-15H2,1-4H3,(H,22,23);1H. The fourth-order valence-electron chi connectivity index (χ4n) is 2.88. The van der Waals surface area contributed by atoms with Gasteiger partial charge >= 0.3 is 0 Å². The molecule has 0 spiro atoms. The number of benzene rings is 1. The third kappa shape index (κ3) is 6.69. The maximum absolute atomic E-state index is 5.25. The Morgan fingerprint density at radius 3 is 2.60 bits per heavy atom. The maximum Gasteiger partial charge on any atom is 0.194 e. The summed E-state index contributed by atoms with van der Waals surface area (Å²) < 4.78 is 7.22. The Morgan fingerprint density at radius 1 is 1.23 bits per heavy atom. The molecule has 0 aliphatic carbocycles. The average molecular weight is 540 g/mol. The highest BCUT2D eigenvalue weighted by molar-refractivity contribution is 14.0. The molecule has 0 radical (unpaired) electrons. The Labute approximate surface area is 199 Å². The van der Waals surface area contributed by atoms with Gasteiger partial charge in [-0.2, -0.15) is 0 Å². The van der Waals surface area contributed by atoms with E-state index in [9.17, 15) is 0 Å². The number of nitrogens with zero attached hydrogens (tertiary/aromatic N) is 5. The quantitative estimate of drug-likeness (QED) is 0.269. The highest BCUT2D eigenvalue weighted by Gasteiger charge is 2.10. The zero-order valence-electron chi connectivity index (χ0n) is 17.8. The first-order valence-corrected chi connectivity index (χ1v) is 10.4. The largest absolute Gasteiger partial charge is 0.497 e. The van der Waals surface area contributed by atoms with E-state index in [0.717, 1.165) is 42.9 Å². The van der Waals surface area contributed by atoms with Crippen LogP contribution in [0.4, 0.5) is 0 Å². The summed E-state index contributed by atoms with van der Waals surface area (Å²) in [5.74, 6) is 3.43. The Bertz CT molecular complexity index is 924. The SMILES string of the molecule is COc1ccc(CN(C)C(=NCc2nnc(C)n2C)NCCc2cccs2)cc1.I. The van der Waals surface area contributed by atoms with Gasteiger partial charge in [0.05, 0.1) is 7.11 Å². The van der Waals surface area contributed by atoms with E-state index in [0.29, 0.717) is 6.54 Å². The van der Waals surface area contributed by atoms with E-state index in [2.05, 4.69) is 50.1 Å². The number of rotatable bonds is 8. The van der Waals surface area contributed by atoms with Crippen molar-refractivity contribution in [1.29, 1.82) is 0 Å². The number of aliphatic imine (C=N–C) groups is 1. The van der Waals surface area contributed by atoms with Gasteiger partial charge in [0.25, 0.3) is 0 Å². The van der Waals surface area contributed by atoms with Crippen LogP contribution in [0, 0.1) is 6.92 Å². The minimum atomic E-state index is 0. The fraction of sp³-hybridized carbons (Fsp3) is 0.381. The number of guanidine groups is 1. The Kier molecular flexibility index (Phi) is 9.57. The molecule has 1 N–H and O–H groups in total. The van der Waals surface area contributed by atoms with E-state index in [4.69, 9.17) is 9.73 Å². The summed E-state index contributed by atoms with van der Waals surface area (Å²) in [5.41, 5.74) is 1.19. The number of ether oxygens (including phenoxy) is 1. The van der Waals surface area contributed by atoms with Crippen molar-refractivity contribution in [3.8, 4) is 5.75 Å². The second-order valence-electron chi connectivity index (χ2n) is 6.82. The number of aromatic nitrogens is 3. The van der Waals surface area contributed by atoms with Crippen LogP contribution < -0.4 is 10.1 Å². The first kappa shape index (κ1) is 24.1. The average Bonchev–Trinajstić information content (AvgIpc) is 3.36. The molecule has 9 heteroatoms. The van der Waals surface area contributed by atoms with E-state index in [1.54, 1.807) is 18.4 Å². The van der Waals surface area contributed by atoms with Gasteiger partial charge in [-0.15, -0.1) is 45.5 Å². The predicted molar refractivity (Wildman–Crippen MR) is 133 cm³/mol. The zero-order valence-corrected chi connectivity index (χ0v) is 21.0. The second kappa shape index (κ2) is 11.9. The number of methoxy groups -OCH3 is 1. The van der Waals surface area contributed by atoms with Gasteiger partial charge in [0, 0.05) is 32.1 Å². The zero-order chi connectivity index (χ0) is 20.6. The first-order chi connectivity index (χ1) is 14.1. The molecular formula is C21H29IN6OS. The number of thiophene rings is 1. The van der Waals surface area contributed by atoms with Crippen molar-refractivity contribution < 1.29 is 4.74 Å². The summed E-state index contributed by atoms with van der Waals surface area (Å²) in [6.07, 6.45) is 0.968. The van der Waals surface area contributed by atoms with E-state index in [1.807, 2.05) is 37.7 Å². The molecule has 2 aromatic heterocycles. The lowest BCUT2D eigenvalue weighted by Crippen LogP contribution is -2.39. The van der Waals surface area contributed by atoms with Crippen LogP contribution in [-0.2, 0) is 26.6 Å². The highest BCUT2D eigenvalue weighted by Crippen LogP contribution is 2.13. The molecule has 0 aliphatic heterocycles. The minimum absolute atomic E-state index is 0. The smallest absolute Gasteiger partial charge is 0.194 e. The molecule has 0 saturated carbocycles. The summed E-state index contributed by atoms with van der Waals surface area (Å²) in [7, 11) is 5.69. The number of halogens is 1. The molecule has 162 valence electrons. The van der Waals surface area contributed by atoms with Gasteiger partial charge in [-0.1, -0.05) is 18.2 Å². The molecule has 0 amide bonds. The molecule has 0 aliphatic rings. The van der Waals surface area contributed by atoms with E-state index < -0.39 is 0 Å². The lowest BCUT2D eigenvalue weighted by atomic mass is 10.2. The third-order valence-electron chi connectivity index (χ3n) is 4.73. The van der Waals surface area contributed by atoms with Crippen molar-refractivity contribution >= 4 is 41.3 Å². The monoisotopic (exact) mass is 540 g/mol. The summed E-state index contributed by atoms with van der Waals surface area (Å²) in [6, 6.07) is 12.3. The maximum atomic E-state index is 5.25. The molecule has 3 aromatic rings. The van der Waals surface area contributed by atoms with Gasteiger partial charge in [-0.3, -0.25) is 0 Å². The van der Waals surface area contributed by atoms with Gasteiger partial charge in [0.15, 0.2) is 11.8 Å². The molecule has 1 aromatic carbocycles. The number of hydrogen-bond acceptors (Lipinski definition) is 5. The summed E-state index contributed by atoms with van der Waals surface area (Å²) >= 11 is 1.78. The van der Waals surface area contributed by atoms with Gasteiger partial charge in [-0.05, 0) is 42.5 Å². The van der Waals surface area contributed by atoms with Crippen LogP contribution in [-0.4, -0.2) is 46.3 Å². The van der Waals surface area contributed by atoms with Crippen molar-refractivity contribution in [1.82, 2.24) is 25.0 Å². The van der Waals surface area contributed by atoms with Crippen molar-refractivity contribution in [2.75, 3.05) is 20.7 Å². The van der Waals surface area contributed by atoms with Crippen LogP contribution in [0.3, 0.4) is 0 Å². The summed E-state index contributed by atoms with van der Waals surface area (Å²) in [5, 5.41) is 13.9. The fourth-order valence-corrected chi connectivity index (χ4v) is 3.59. The van der Waals surface area contributed by atoms with E-state index >= 15 is 0 Å². The number of nitrogens with one attached hydrogen (secondary N) is 1.